The third-order valence-electron chi connectivity index (χ3n) is 13.4. The fourth-order valence-corrected chi connectivity index (χ4v) is 9.97. The second-order valence-corrected chi connectivity index (χ2v) is 21.2. The SMILES string of the molecule is CCCCCCCCCCCCCCCCCCCCCCCCCC(=O)OC[C@@H](COP(=O)(O)OC1C(O)C(O)C(O)[C@H](O)C1O)OC(=O)CCCCCCCCCCCCCCCCC. The minimum absolute atomic E-state index is 0.105. The van der Waals surface area contributed by atoms with E-state index in [1.165, 1.54) is 193 Å². The molecular weight excluding hydrogens is 876 g/mol. The van der Waals surface area contributed by atoms with Crippen molar-refractivity contribution < 1.29 is 63.1 Å². The van der Waals surface area contributed by atoms with E-state index < -0.39 is 75.7 Å². The molecule has 6 unspecified atom stereocenters. The van der Waals surface area contributed by atoms with E-state index in [9.17, 15) is 44.6 Å². The highest BCUT2D eigenvalue weighted by atomic mass is 31.2. The van der Waals surface area contributed by atoms with Crippen molar-refractivity contribution in [2.75, 3.05) is 13.2 Å². The van der Waals surface area contributed by atoms with Gasteiger partial charge in [-0.15, -0.1) is 0 Å². The summed E-state index contributed by atoms with van der Waals surface area (Å²) >= 11 is 0. The number of hydrogen-bond acceptors (Lipinski definition) is 12. The number of carbonyl (C=O) groups excluding carboxylic acids is 2. The molecule has 398 valence electrons. The van der Waals surface area contributed by atoms with Crippen molar-refractivity contribution in [1.82, 2.24) is 0 Å². The van der Waals surface area contributed by atoms with Crippen LogP contribution in [0.2, 0.25) is 0 Å². The van der Waals surface area contributed by atoms with Crippen molar-refractivity contribution in [1.29, 1.82) is 0 Å². The normalized spacial score (nSPS) is 21.0. The van der Waals surface area contributed by atoms with Gasteiger partial charge in [-0.3, -0.25) is 18.6 Å². The van der Waals surface area contributed by atoms with Gasteiger partial charge in [0.1, 0.15) is 43.2 Å². The Bertz CT molecular complexity index is 1180. The summed E-state index contributed by atoms with van der Waals surface area (Å²) in [5.41, 5.74) is 0. The molecule has 0 saturated heterocycles. The summed E-state index contributed by atoms with van der Waals surface area (Å²) < 4.78 is 33.7. The van der Waals surface area contributed by atoms with Gasteiger partial charge < -0.3 is 39.9 Å². The van der Waals surface area contributed by atoms with Crippen molar-refractivity contribution in [3.8, 4) is 0 Å². The van der Waals surface area contributed by atoms with Crippen molar-refractivity contribution in [2.45, 2.75) is 313 Å². The van der Waals surface area contributed by atoms with Crippen LogP contribution in [0, 0.1) is 0 Å². The molecule has 0 heterocycles. The maximum absolute atomic E-state index is 12.9. The molecule has 67 heavy (non-hydrogen) atoms. The molecule has 1 fully saturated rings. The zero-order valence-corrected chi connectivity index (χ0v) is 43.6. The van der Waals surface area contributed by atoms with Gasteiger partial charge in [-0.2, -0.15) is 0 Å². The van der Waals surface area contributed by atoms with Gasteiger partial charge >= 0.3 is 19.8 Å². The summed E-state index contributed by atoms with van der Waals surface area (Å²) in [4.78, 5) is 35.9. The lowest BCUT2D eigenvalue weighted by Gasteiger charge is -2.41. The number of phosphoric acid groups is 1. The van der Waals surface area contributed by atoms with Crippen molar-refractivity contribution >= 4 is 19.8 Å². The molecular formula is C53H103O13P. The molecule has 0 aliphatic heterocycles. The Labute approximate surface area is 408 Å². The fraction of sp³-hybridized carbons (Fsp3) is 0.962. The lowest BCUT2D eigenvalue weighted by Crippen LogP contribution is -2.64. The number of phosphoric ester groups is 1. The molecule has 6 N–H and O–H groups in total. The minimum Gasteiger partial charge on any atom is -0.462 e. The van der Waals surface area contributed by atoms with Crippen LogP contribution in [0.3, 0.4) is 0 Å². The number of rotatable bonds is 48. The fourth-order valence-electron chi connectivity index (χ4n) is 9.00. The largest absolute Gasteiger partial charge is 0.472 e. The third-order valence-corrected chi connectivity index (χ3v) is 14.4. The highest BCUT2D eigenvalue weighted by Gasteiger charge is 2.51. The highest BCUT2D eigenvalue weighted by Crippen LogP contribution is 2.47. The number of hydrogen-bond donors (Lipinski definition) is 6. The third kappa shape index (κ3) is 35.6. The zero-order valence-electron chi connectivity index (χ0n) is 42.7. The van der Waals surface area contributed by atoms with Gasteiger partial charge in [0.25, 0.3) is 0 Å². The van der Waals surface area contributed by atoms with Crippen LogP contribution in [0.1, 0.15) is 271 Å². The summed E-state index contributed by atoms with van der Waals surface area (Å²) in [6, 6.07) is 0. The molecule has 0 bridgehead atoms. The second kappa shape index (κ2) is 43.6. The standard InChI is InChI=1S/C53H103O13P/c1-3-5-7-9-11-13-15-17-19-20-21-22-23-24-25-26-28-29-31-33-35-37-39-41-46(54)63-43-45(44-64-67(61,62)66-53-51(59)49(57)48(56)50(58)52(53)60)65-47(55)42-40-38-36-34-32-30-27-18-16-14-12-10-8-6-4-2/h45,48-53,56-60H,3-44H2,1-2H3,(H,61,62)/t45-,48?,49-,50?,51?,52?,53?/m0/s1. The Hall–Kier alpha value is -1.15. The lowest BCUT2D eigenvalue weighted by atomic mass is 9.85. The summed E-state index contributed by atoms with van der Waals surface area (Å²) in [6.45, 7) is 3.36. The average molecular weight is 979 g/mol. The Kier molecular flexibility index (Phi) is 41.6. The molecule has 0 radical (unpaired) electrons. The van der Waals surface area contributed by atoms with Gasteiger partial charge in [-0.05, 0) is 12.8 Å². The molecule has 1 rings (SSSR count). The Balaban J connectivity index is 2.31. The van der Waals surface area contributed by atoms with Gasteiger partial charge in [0.05, 0.1) is 6.61 Å². The molecule has 1 aliphatic rings. The smallest absolute Gasteiger partial charge is 0.462 e. The van der Waals surface area contributed by atoms with E-state index in [1.54, 1.807) is 0 Å². The van der Waals surface area contributed by atoms with Crippen LogP contribution in [0.25, 0.3) is 0 Å². The Morgan fingerprint density at radius 3 is 0.985 bits per heavy atom. The first kappa shape index (κ1) is 63.9. The van der Waals surface area contributed by atoms with Crippen LogP contribution < -0.4 is 0 Å². The topological polar surface area (TPSA) is 210 Å². The van der Waals surface area contributed by atoms with E-state index in [4.69, 9.17) is 18.5 Å². The van der Waals surface area contributed by atoms with E-state index in [-0.39, 0.29) is 12.8 Å². The predicted molar refractivity (Wildman–Crippen MR) is 268 cm³/mol. The number of unbranched alkanes of at least 4 members (excludes halogenated alkanes) is 36. The van der Waals surface area contributed by atoms with Gasteiger partial charge in [0.15, 0.2) is 6.10 Å². The summed E-state index contributed by atoms with van der Waals surface area (Å²) in [7, 11) is -5.12. The van der Waals surface area contributed by atoms with Crippen LogP contribution in [0.4, 0.5) is 0 Å². The highest BCUT2D eigenvalue weighted by molar-refractivity contribution is 7.47. The van der Waals surface area contributed by atoms with E-state index in [1.807, 2.05) is 0 Å². The first-order valence-corrected chi connectivity index (χ1v) is 29.3. The number of esters is 2. The van der Waals surface area contributed by atoms with E-state index >= 15 is 0 Å². The molecule has 0 spiro atoms. The van der Waals surface area contributed by atoms with Crippen LogP contribution >= 0.6 is 7.82 Å². The monoisotopic (exact) mass is 979 g/mol. The van der Waals surface area contributed by atoms with Crippen LogP contribution in [0.15, 0.2) is 0 Å². The Morgan fingerprint density at radius 2 is 0.672 bits per heavy atom. The van der Waals surface area contributed by atoms with Crippen molar-refractivity contribution in [3.63, 3.8) is 0 Å². The molecule has 0 aromatic heterocycles. The number of carbonyl (C=O) groups is 2. The zero-order chi connectivity index (χ0) is 49.2. The number of aliphatic hydroxyl groups excluding tert-OH is 5. The van der Waals surface area contributed by atoms with Crippen molar-refractivity contribution in [2.24, 2.45) is 0 Å². The maximum Gasteiger partial charge on any atom is 0.472 e. The minimum atomic E-state index is -5.12. The van der Waals surface area contributed by atoms with Crippen LogP contribution in [-0.4, -0.2) is 98.3 Å². The van der Waals surface area contributed by atoms with E-state index in [0.717, 1.165) is 38.5 Å². The molecule has 0 aromatic rings. The molecule has 8 atom stereocenters. The first-order chi connectivity index (χ1) is 32.4. The molecule has 1 saturated carbocycles. The summed E-state index contributed by atoms with van der Waals surface area (Å²) in [5.74, 6) is -1.08. The van der Waals surface area contributed by atoms with Gasteiger partial charge in [-0.1, -0.05) is 245 Å². The van der Waals surface area contributed by atoms with E-state index in [2.05, 4.69) is 13.8 Å². The first-order valence-electron chi connectivity index (χ1n) is 27.8. The van der Waals surface area contributed by atoms with E-state index in [0.29, 0.717) is 12.8 Å². The van der Waals surface area contributed by atoms with Gasteiger partial charge in [0, 0.05) is 12.8 Å². The number of aliphatic hydroxyl groups is 5. The molecule has 1 aliphatic carbocycles. The molecule has 0 amide bonds. The summed E-state index contributed by atoms with van der Waals surface area (Å²) in [6.07, 6.45) is 34.4. The lowest BCUT2D eigenvalue weighted by molar-refractivity contribution is -0.220. The van der Waals surface area contributed by atoms with Crippen molar-refractivity contribution in [3.05, 3.63) is 0 Å². The van der Waals surface area contributed by atoms with Crippen LogP contribution in [0.5, 0.6) is 0 Å². The quantitative estimate of drug-likeness (QED) is 0.0191. The second-order valence-electron chi connectivity index (χ2n) is 19.8. The number of ether oxygens (including phenoxy) is 2. The molecule has 14 heteroatoms. The predicted octanol–water partition coefficient (Wildman–Crippen LogP) is 12.4. The molecule has 0 aromatic carbocycles. The summed E-state index contributed by atoms with van der Waals surface area (Å²) in [5, 5.41) is 50.3. The van der Waals surface area contributed by atoms with Gasteiger partial charge in [0.2, 0.25) is 0 Å². The maximum atomic E-state index is 12.9. The van der Waals surface area contributed by atoms with Crippen LogP contribution in [-0.2, 0) is 32.7 Å². The Morgan fingerprint density at radius 1 is 0.403 bits per heavy atom. The molecule has 13 nitrogen and oxygen atoms in total. The average Bonchev–Trinajstić information content (AvgIpc) is 3.31. The van der Waals surface area contributed by atoms with Gasteiger partial charge in [-0.25, -0.2) is 4.57 Å².